The van der Waals surface area contributed by atoms with E-state index in [0.717, 1.165) is 49.4 Å². The summed E-state index contributed by atoms with van der Waals surface area (Å²) in [7, 11) is 0. The number of amides is 1. The number of furan rings is 1. The van der Waals surface area contributed by atoms with E-state index in [1.165, 1.54) is 6.26 Å². The maximum absolute atomic E-state index is 13.3. The van der Waals surface area contributed by atoms with Crippen LogP contribution in [0.15, 0.2) is 57.7 Å². The van der Waals surface area contributed by atoms with E-state index in [1.54, 1.807) is 17.0 Å². The van der Waals surface area contributed by atoms with Gasteiger partial charge >= 0.3 is 0 Å². The first-order chi connectivity index (χ1) is 15.2. The first-order valence-electron chi connectivity index (χ1n) is 10.9. The summed E-state index contributed by atoms with van der Waals surface area (Å²) in [5.41, 5.74) is 2.61. The topological polar surface area (TPSA) is 72.0 Å². The maximum atomic E-state index is 13.3. The zero-order valence-corrected chi connectivity index (χ0v) is 18.1. The molecule has 1 amide bonds. The molecule has 1 saturated heterocycles. The minimum Gasteiger partial charge on any atom is -0.459 e. The van der Waals surface area contributed by atoms with E-state index in [4.69, 9.17) is 13.7 Å². The Bertz CT molecular complexity index is 958. The van der Waals surface area contributed by atoms with Crippen LogP contribution in [0.25, 0.3) is 11.3 Å². The lowest BCUT2D eigenvalue weighted by Crippen LogP contribution is -2.37. The smallest absolute Gasteiger partial charge is 0.289 e. The summed E-state index contributed by atoms with van der Waals surface area (Å²) in [6.45, 7) is 7.32. The van der Waals surface area contributed by atoms with Gasteiger partial charge in [-0.3, -0.25) is 4.79 Å². The molecule has 2 aromatic heterocycles. The van der Waals surface area contributed by atoms with Gasteiger partial charge in [0.1, 0.15) is 5.69 Å². The predicted molar refractivity (Wildman–Crippen MR) is 118 cm³/mol. The van der Waals surface area contributed by atoms with Gasteiger partial charge < -0.3 is 23.5 Å². The molecule has 1 atom stereocenters. The van der Waals surface area contributed by atoms with E-state index in [9.17, 15) is 4.79 Å². The normalized spacial score (nSPS) is 15.9. The van der Waals surface area contributed by atoms with Crippen molar-refractivity contribution in [3.63, 3.8) is 0 Å². The molecule has 7 heteroatoms. The van der Waals surface area contributed by atoms with E-state index >= 15 is 0 Å². The average Bonchev–Trinajstić information content (AvgIpc) is 3.57. The van der Waals surface area contributed by atoms with Crippen LogP contribution in [0.2, 0.25) is 0 Å². The quantitative estimate of drug-likeness (QED) is 0.501. The number of nitrogens with zero attached hydrogens (tertiary/aromatic N) is 3. The van der Waals surface area contributed by atoms with Gasteiger partial charge in [-0.25, -0.2) is 0 Å². The van der Waals surface area contributed by atoms with Crippen LogP contribution < -0.4 is 4.90 Å². The number of rotatable bonds is 9. The molecule has 1 unspecified atom stereocenters. The molecule has 1 aromatic carbocycles. The minimum atomic E-state index is -0.161. The van der Waals surface area contributed by atoms with E-state index in [0.29, 0.717) is 24.7 Å². The Labute approximate surface area is 182 Å². The number of carbonyl (C=O) groups is 1. The molecule has 4 rings (SSSR count). The monoisotopic (exact) mass is 423 g/mol. The zero-order valence-electron chi connectivity index (χ0n) is 18.1. The summed E-state index contributed by atoms with van der Waals surface area (Å²) in [6.07, 6.45) is 3.50. The lowest BCUT2D eigenvalue weighted by molar-refractivity contribution is 0.0484. The lowest BCUT2D eigenvalue weighted by Gasteiger charge is -2.26. The van der Waals surface area contributed by atoms with Crippen LogP contribution in [0, 0.1) is 0 Å². The summed E-state index contributed by atoms with van der Waals surface area (Å²) in [5.74, 6) is 0.861. The minimum absolute atomic E-state index is 0.0239. The molecule has 3 aromatic rings. The molecule has 1 aliphatic rings. The van der Waals surface area contributed by atoms with Crippen LogP contribution in [-0.4, -0.2) is 48.3 Å². The van der Waals surface area contributed by atoms with Gasteiger partial charge in [-0.15, -0.1) is 0 Å². The number of hydrogen-bond acceptors (Lipinski definition) is 6. The highest BCUT2D eigenvalue weighted by Gasteiger charge is 2.29. The van der Waals surface area contributed by atoms with Crippen molar-refractivity contribution < 1.29 is 18.5 Å². The van der Waals surface area contributed by atoms with E-state index < -0.39 is 0 Å². The Hall–Kier alpha value is -3.06. The van der Waals surface area contributed by atoms with E-state index in [-0.39, 0.29) is 12.0 Å². The number of aromatic nitrogens is 1. The summed E-state index contributed by atoms with van der Waals surface area (Å²) >= 11 is 0. The standard InChI is InChI=1S/C24H29N3O4/c1-3-26(4-2)24-20(22(25-31-24)18-10-6-5-7-11-18)17-27(16-19-12-8-14-29-19)23(28)21-13-9-15-30-21/h5-7,9-11,13,15,19H,3-4,8,12,14,16-17H2,1-2H3. The van der Waals surface area contributed by atoms with Crippen LogP contribution in [0.3, 0.4) is 0 Å². The van der Waals surface area contributed by atoms with Crippen LogP contribution in [-0.2, 0) is 11.3 Å². The van der Waals surface area contributed by atoms with Crippen molar-refractivity contribution in [3.8, 4) is 11.3 Å². The van der Waals surface area contributed by atoms with Crippen LogP contribution in [0.4, 0.5) is 5.88 Å². The number of benzene rings is 1. The van der Waals surface area contributed by atoms with Gasteiger partial charge in [-0.05, 0) is 38.8 Å². The Morgan fingerprint density at radius 2 is 1.94 bits per heavy atom. The molecule has 164 valence electrons. The first-order valence-corrected chi connectivity index (χ1v) is 10.9. The van der Waals surface area contributed by atoms with Gasteiger partial charge in [-0.1, -0.05) is 35.5 Å². The van der Waals surface area contributed by atoms with Crippen molar-refractivity contribution >= 4 is 11.8 Å². The largest absolute Gasteiger partial charge is 0.459 e. The van der Waals surface area contributed by atoms with Crippen LogP contribution in [0.1, 0.15) is 42.8 Å². The van der Waals surface area contributed by atoms with E-state index in [1.807, 2.05) is 30.3 Å². The molecule has 0 bridgehead atoms. The van der Waals surface area contributed by atoms with Gasteiger partial charge in [-0.2, -0.15) is 0 Å². The van der Waals surface area contributed by atoms with Crippen LogP contribution >= 0.6 is 0 Å². The second-order valence-corrected chi connectivity index (χ2v) is 7.65. The number of anilines is 1. The van der Waals surface area contributed by atoms with E-state index in [2.05, 4.69) is 23.9 Å². The third-order valence-electron chi connectivity index (χ3n) is 5.68. The molecule has 31 heavy (non-hydrogen) atoms. The third-order valence-corrected chi connectivity index (χ3v) is 5.68. The molecule has 7 nitrogen and oxygen atoms in total. The second kappa shape index (κ2) is 9.83. The Balaban J connectivity index is 1.71. The van der Waals surface area contributed by atoms with Crippen LogP contribution in [0.5, 0.6) is 0 Å². The fourth-order valence-electron chi connectivity index (χ4n) is 4.03. The molecule has 0 N–H and O–H groups in total. The number of ether oxygens (including phenoxy) is 1. The molecule has 0 aliphatic carbocycles. The highest BCUT2D eigenvalue weighted by atomic mass is 16.5. The van der Waals surface area contributed by atoms with Crippen molar-refractivity contribution in [1.29, 1.82) is 0 Å². The van der Waals surface area contributed by atoms with Gasteiger partial charge in [0.05, 0.1) is 24.5 Å². The lowest BCUT2D eigenvalue weighted by atomic mass is 10.1. The highest BCUT2D eigenvalue weighted by molar-refractivity contribution is 5.91. The third kappa shape index (κ3) is 4.66. The van der Waals surface area contributed by atoms with Crippen molar-refractivity contribution in [3.05, 3.63) is 60.1 Å². The van der Waals surface area contributed by atoms with Crippen molar-refractivity contribution in [2.45, 2.75) is 39.3 Å². The van der Waals surface area contributed by atoms with Gasteiger partial charge in [0.15, 0.2) is 5.76 Å². The molecule has 3 heterocycles. The van der Waals surface area contributed by atoms with Gasteiger partial charge in [0.25, 0.3) is 5.91 Å². The first kappa shape index (κ1) is 21.2. The molecule has 0 saturated carbocycles. The number of carbonyl (C=O) groups excluding carboxylic acids is 1. The SMILES string of the molecule is CCN(CC)c1onc(-c2ccccc2)c1CN(CC1CCCO1)C(=O)c1ccco1. The number of hydrogen-bond donors (Lipinski definition) is 0. The Morgan fingerprint density at radius 1 is 1.13 bits per heavy atom. The van der Waals surface area contributed by atoms with Gasteiger partial charge in [0, 0.05) is 31.8 Å². The fourth-order valence-corrected chi connectivity index (χ4v) is 4.03. The van der Waals surface area contributed by atoms with Crippen molar-refractivity contribution in [2.75, 3.05) is 31.1 Å². The zero-order chi connectivity index (χ0) is 21.6. The maximum Gasteiger partial charge on any atom is 0.289 e. The highest BCUT2D eigenvalue weighted by Crippen LogP contribution is 2.33. The summed E-state index contributed by atoms with van der Waals surface area (Å²) in [6, 6.07) is 13.4. The molecule has 0 spiro atoms. The van der Waals surface area contributed by atoms with Crippen molar-refractivity contribution in [2.24, 2.45) is 0 Å². The molecule has 1 fully saturated rings. The predicted octanol–water partition coefficient (Wildman–Crippen LogP) is 4.60. The summed E-state index contributed by atoms with van der Waals surface area (Å²) in [4.78, 5) is 17.2. The molecular formula is C24H29N3O4. The van der Waals surface area contributed by atoms with Gasteiger partial charge in [0.2, 0.25) is 5.88 Å². The molecule has 1 aliphatic heterocycles. The fraction of sp³-hybridized carbons (Fsp3) is 0.417. The Kier molecular flexibility index (Phi) is 6.72. The second-order valence-electron chi connectivity index (χ2n) is 7.65. The molecule has 0 radical (unpaired) electrons. The van der Waals surface area contributed by atoms with Crippen molar-refractivity contribution in [1.82, 2.24) is 10.1 Å². The molecular weight excluding hydrogens is 394 g/mol. The Morgan fingerprint density at radius 3 is 2.58 bits per heavy atom. The average molecular weight is 424 g/mol. The summed E-state index contributed by atoms with van der Waals surface area (Å²) < 4.78 is 17.1. The summed E-state index contributed by atoms with van der Waals surface area (Å²) in [5, 5.41) is 4.40.